The van der Waals surface area contributed by atoms with Crippen LogP contribution in [0.2, 0.25) is 0 Å². The highest BCUT2D eigenvalue weighted by Gasteiger charge is 2.12. The molecule has 0 spiro atoms. The molecule has 3 aromatic carbocycles. The van der Waals surface area contributed by atoms with Crippen LogP contribution in [0.1, 0.15) is 28.8 Å². The van der Waals surface area contributed by atoms with Crippen LogP contribution in [0.4, 0.5) is 0 Å². The summed E-state index contributed by atoms with van der Waals surface area (Å²) in [7, 11) is 1.57. The Morgan fingerprint density at radius 1 is 0.938 bits per heavy atom. The van der Waals surface area contributed by atoms with Gasteiger partial charge < -0.3 is 9.72 Å². The van der Waals surface area contributed by atoms with Crippen LogP contribution in [0.25, 0.3) is 22.2 Å². The molecule has 0 saturated heterocycles. The second kappa shape index (κ2) is 9.75. The van der Waals surface area contributed by atoms with E-state index in [2.05, 4.69) is 15.5 Å². The van der Waals surface area contributed by atoms with Crippen molar-refractivity contribution in [2.24, 2.45) is 5.10 Å². The molecule has 6 heteroatoms. The fourth-order valence-corrected chi connectivity index (χ4v) is 3.50. The number of rotatable bonds is 8. The Morgan fingerprint density at radius 3 is 2.41 bits per heavy atom. The standard InChI is InChI=1S/C26H23N3O3/c1-32-20-13-11-18(12-14-20)24(30)15-16-25(31)29-27-17-22-21-9-5-6-10-23(21)28-26(22)19-7-3-2-4-8-19/h2-14,17,28H,15-16H2,1H3,(H,29,31)/b27-17+. The molecule has 0 bridgehead atoms. The van der Waals surface area contributed by atoms with E-state index in [-0.39, 0.29) is 24.5 Å². The topological polar surface area (TPSA) is 83.6 Å². The van der Waals surface area contributed by atoms with E-state index in [1.807, 2.05) is 54.6 Å². The van der Waals surface area contributed by atoms with E-state index in [4.69, 9.17) is 4.74 Å². The Bertz CT molecular complexity index is 1260. The number of nitrogens with zero attached hydrogens (tertiary/aromatic N) is 1. The van der Waals surface area contributed by atoms with Crippen LogP contribution in [-0.2, 0) is 4.79 Å². The number of carbonyl (C=O) groups excluding carboxylic acids is 2. The van der Waals surface area contributed by atoms with E-state index in [0.29, 0.717) is 11.3 Å². The minimum atomic E-state index is -0.316. The van der Waals surface area contributed by atoms with Gasteiger partial charge >= 0.3 is 0 Å². The highest BCUT2D eigenvalue weighted by molar-refractivity contribution is 6.06. The van der Waals surface area contributed by atoms with E-state index < -0.39 is 0 Å². The highest BCUT2D eigenvalue weighted by Crippen LogP contribution is 2.28. The Kier molecular flexibility index (Phi) is 6.41. The van der Waals surface area contributed by atoms with Crippen LogP contribution in [0, 0.1) is 0 Å². The molecule has 1 amide bonds. The number of ketones is 1. The number of aromatic amines is 1. The molecule has 4 rings (SSSR count). The number of para-hydroxylation sites is 1. The predicted molar refractivity (Wildman–Crippen MR) is 126 cm³/mol. The molecule has 0 radical (unpaired) electrons. The zero-order chi connectivity index (χ0) is 22.3. The third-order valence-electron chi connectivity index (χ3n) is 5.18. The van der Waals surface area contributed by atoms with Crippen molar-refractivity contribution >= 4 is 28.8 Å². The molecule has 0 aliphatic heterocycles. The second-order valence-corrected chi connectivity index (χ2v) is 7.27. The number of ether oxygens (including phenoxy) is 1. The van der Waals surface area contributed by atoms with Gasteiger partial charge in [-0.05, 0) is 35.9 Å². The lowest BCUT2D eigenvalue weighted by molar-refractivity contribution is -0.121. The number of H-pyrrole nitrogens is 1. The number of methoxy groups -OCH3 is 1. The van der Waals surface area contributed by atoms with Crippen molar-refractivity contribution in [1.82, 2.24) is 10.4 Å². The summed E-state index contributed by atoms with van der Waals surface area (Å²) >= 11 is 0. The van der Waals surface area contributed by atoms with E-state index in [1.54, 1.807) is 37.6 Å². The molecular formula is C26H23N3O3. The van der Waals surface area contributed by atoms with E-state index in [9.17, 15) is 9.59 Å². The fourth-order valence-electron chi connectivity index (χ4n) is 3.50. The molecule has 0 fully saturated rings. The molecule has 4 aromatic rings. The molecule has 0 aliphatic carbocycles. The van der Waals surface area contributed by atoms with Gasteiger partial charge in [0.15, 0.2) is 5.78 Å². The second-order valence-electron chi connectivity index (χ2n) is 7.27. The maximum atomic E-state index is 12.3. The van der Waals surface area contributed by atoms with Gasteiger partial charge in [0.25, 0.3) is 0 Å². The van der Waals surface area contributed by atoms with E-state index in [0.717, 1.165) is 27.7 Å². The number of aromatic nitrogens is 1. The molecule has 6 nitrogen and oxygen atoms in total. The normalized spacial score (nSPS) is 11.0. The van der Waals surface area contributed by atoms with Crippen LogP contribution in [-0.4, -0.2) is 30.0 Å². The fraction of sp³-hybridized carbons (Fsp3) is 0.115. The lowest BCUT2D eigenvalue weighted by Crippen LogP contribution is -2.18. The van der Waals surface area contributed by atoms with Gasteiger partial charge in [0, 0.05) is 34.9 Å². The van der Waals surface area contributed by atoms with Crippen molar-refractivity contribution in [3.8, 4) is 17.0 Å². The van der Waals surface area contributed by atoms with Gasteiger partial charge in [0.05, 0.1) is 19.0 Å². The van der Waals surface area contributed by atoms with Gasteiger partial charge in [0.1, 0.15) is 5.75 Å². The Balaban J connectivity index is 1.42. The van der Waals surface area contributed by atoms with Gasteiger partial charge in [-0.25, -0.2) is 5.43 Å². The minimum absolute atomic E-state index is 0.0572. The summed E-state index contributed by atoms with van der Waals surface area (Å²) in [6.07, 6.45) is 1.81. The van der Waals surface area contributed by atoms with Crippen LogP contribution in [0.5, 0.6) is 5.75 Å². The lowest BCUT2D eigenvalue weighted by atomic mass is 10.1. The molecule has 0 atom stereocenters. The monoisotopic (exact) mass is 425 g/mol. The summed E-state index contributed by atoms with van der Waals surface area (Å²) in [6.45, 7) is 0. The lowest BCUT2D eigenvalue weighted by Gasteiger charge is -2.03. The SMILES string of the molecule is COc1ccc(C(=O)CCC(=O)N/N=C/c2c(-c3ccccc3)[nH]c3ccccc23)cc1. The van der Waals surface area contributed by atoms with Crippen molar-refractivity contribution < 1.29 is 14.3 Å². The van der Waals surface area contributed by atoms with E-state index in [1.165, 1.54) is 0 Å². The summed E-state index contributed by atoms with van der Waals surface area (Å²) in [5, 5.41) is 5.16. The number of Topliss-reactive ketones (excluding diaryl/α,β-unsaturated/α-hetero) is 1. The highest BCUT2D eigenvalue weighted by atomic mass is 16.5. The zero-order valence-electron chi connectivity index (χ0n) is 17.7. The van der Waals surface area contributed by atoms with Gasteiger partial charge in [-0.1, -0.05) is 48.5 Å². The summed E-state index contributed by atoms with van der Waals surface area (Å²) in [6, 6.07) is 24.7. The number of carbonyl (C=O) groups is 2. The number of amides is 1. The van der Waals surface area contributed by atoms with Crippen LogP contribution >= 0.6 is 0 Å². The number of hydrazone groups is 1. The third-order valence-corrected chi connectivity index (χ3v) is 5.18. The number of benzene rings is 3. The van der Waals surface area contributed by atoms with Crippen molar-refractivity contribution in [2.75, 3.05) is 7.11 Å². The first-order valence-corrected chi connectivity index (χ1v) is 10.3. The average molecular weight is 425 g/mol. The molecule has 1 heterocycles. The molecule has 0 aliphatic rings. The molecule has 2 N–H and O–H groups in total. The summed E-state index contributed by atoms with van der Waals surface area (Å²) in [4.78, 5) is 27.9. The van der Waals surface area contributed by atoms with Crippen LogP contribution < -0.4 is 10.2 Å². The third kappa shape index (κ3) is 4.75. The first-order chi connectivity index (χ1) is 15.7. The van der Waals surface area contributed by atoms with Crippen molar-refractivity contribution in [3.05, 3.63) is 90.0 Å². The van der Waals surface area contributed by atoms with Crippen molar-refractivity contribution in [3.63, 3.8) is 0 Å². The molecule has 0 unspecified atom stereocenters. The smallest absolute Gasteiger partial charge is 0.240 e. The Hall–Kier alpha value is -4.19. The number of fused-ring (bicyclic) bond motifs is 1. The molecule has 160 valence electrons. The average Bonchev–Trinajstić information content (AvgIpc) is 3.22. The van der Waals surface area contributed by atoms with Gasteiger partial charge in [-0.15, -0.1) is 0 Å². The maximum Gasteiger partial charge on any atom is 0.240 e. The van der Waals surface area contributed by atoms with Gasteiger partial charge in [-0.2, -0.15) is 5.10 Å². The molecule has 32 heavy (non-hydrogen) atoms. The Morgan fingerprint density at radius 2 is 1.66 bits per heavy atom. The van der Waals surface area contributed by atoms with Crippen LogP contribution in [0.3, 0.4) is 0 Å². The quantitative estimate of drug-likeness (QED) is 0.238. The largest absolute Gasteiger partial charge is 0.497 e. The Labute approximate surface area is 185 Å². The number of nitrogens with one attached hydrogen (secondary N) is 2. The van der Waals surface area contributed by atoms with Crippen molar-refractivity contribution in [2.45, 2.75) is 12.8 Å². The van der Waals surface area contributed by atoms with Crippen molar-refractivity contribution in [1.29, 1.82) is 0 Å². The van der Waals surface area contributed by atoms with Gasteiger partial charge in [0.2, 0.25) is 5.91 Å². The maximum absolute atomic E-state index is 12.3. The molecule has 1 aromatic heterocycles. The van der Waals surface area contributed by atoms with E-state index >= 15 is 0 Å². The van der Waals surface area contributed by atoms with Crippen LogP contribution in [0.15, 0.2) is 84.0 Å². The first-order valence-electron chi connectivity index (χ1n) is 10.3. The summed E-state index contributed by atoms with van der Waals surface area (Å²) < 4.78 is 5.09. The predicted octanol–water partition coefficient (Wildman–Crippen LogP) is 4.96. The summed E-state index contributed by atoms with van der Waals surface area (Å²) in [5.41, 5.74) is 6.92. The number of hydrogen-bond donors (Lipinski definition) is 2. The summed E-state index contributed by atoms with van der Waals surface area (Å²) in [5.74, 6) is 0.264. The minimum Gasteiger partial charge on any atom is -0.497 e. The first kappa shape index (κ1) is 21.1. The molecular weight excluding hydrogens is 402 g/mol. The van der Waals surface area contributed by atoms with Gasteiger partial charge in [-0.3, -0.25) is 9.59 Å². The zero-order valence-corrected chi connectivity index (χ0v) is 17.7. The molecule has 0 saturated carbocycles. The number of hydrogen-bond acceptors (Lipinski definition) is 4.